The van der Waals surface area contributed by atoms with Crippen molar-refractivity contribution in [1.29, 1.82) is 0 Å². The van der Waals surface area contributed by atoms with Gasteiger partial charge in [0.05, 0.1) is 0 Å². The van der Waals surface area contributed by atoms with Crippen LogP contribution in [0.2, 0.25) is 0 Å². The van der Waals surface area contributed by atoms with E-state index in [1.165, 1.54) is 24.9 Å². The number of amides is 2. The summed E-state index contributed by atoms with van der Waals surface area (Å²) in [7, 11) is 0. The van der Waals surface area contributed by atoms with Gasteiger partial charge in [0, 0.05) is 18.8 Å². The van der Waals surface area contributed by atoms with E-state index in [4.69, 9.17) is 0 Å². The number of anilines is 1. The van der Waals surface area contributed by atoms with Crippen LogP contribution in [0.4, 0.5) is 5.69 Å². The van der Waals surface area contributed by atoms with Gasteiger partial charge in [0.15, 0.2) is 0 Å². The summed E-state index contributed by atoms with van der Waals surface area (Å²) in [4.78, 5) is 26.6. The molecule has 0 radical (unpaired) electrons. The first-order chi connectivity index (χ1) is 10.9. The highest BCUT2D eigenvalue weighted by atomic mass is 16.2. The lowest BCUT2D eigenvalue weighted by Crippen LogP contribution is -2.62. The van der Waals surface area contributed by atoms with Gasteiger partial charge in [-0.3, -0.25) is 9.59 Å². The molecular formula is C18H23N3O2. The van der Waals surface area contributed by atoms with E-state index in [2.05, 4.69) is 27.7 Å². The van der Waals surface area contributed by atoms with Crippen LogP contribution in [0.3, 0.4) is 0 Å². The Kier molecular flexibility index (Phi) is 4.11. The SMILES string of the molecule is CC1(C)NC(=O)C(=Cc2ccc(N3CCCCC3)cc2)C(=O)N1. The van der Waals surface area contributed by atoms with E-state index < -0.39 is 5.66 Å². The lowest BCUT2D eigenvalue weighted by molar-refractivity contribution is -0.129. The Morgan fingerprint density at radius 1 is 0.957 bits per heavy atom. The minimum atomic E-state index is -0.705. The smallest absolute Gasteiger partial charge is 0.258 e. The summed E-state index contributed by atoms with van der Waals surface area (Å²) in [6.07, 6.45) is 5.42. The summed E-state index contributed by atoms with van der Waals surface area (Å²) in [5, 5.41) is 5.54. The molecule has 2 aliphatic heterocycles. The molecular weight excluding hydrogens is 290 g/mol. The van der Waals surface area contributed by atoms with Crippen LogP contribution in [0.5, 0.6) is 0 Å². The van der Waals surface area contributed by atoms with Gasteiger partial charge in [-0.25, -0.2) is 0 Å². The molecule has 2 N–H and O–H groups in total. The van der Waals surface area contributed by atoms with Gasteiger partial charge in [0.2, 0.25) is 0 Å². The third-order valence-electron chi connectivity index (χ3n) is 4.27. The Hall–Kier alpha value is -2.30. The van der Waals surface area contributed by atoms with Crippen LogP contribution in [0, 0.1) is 0 Å². The highest BCUT2D eigenvalue weighted by molar-refractivity contribution is 6.23. The van der Waals surface area contributed by atoms with E-state index in [9.17, 15) is 9.59 Å². The maximum atomic E-state index is 12.1. The molecule has 0 atom stereocenters. The van der Waals surface area contributed by atoms with E-state index in [0.717, 1.165) is 18.7 Å². The molecule has 2 saturated heterocycles. The third-order valence-corrected chi connectivity index (χ3v) is 4.27. The molecule has 0 saturated carbocycles. The molecule has 5 heteroatoms. The highest BCUT2D eigenvalue weighted by Gasteiger charge is 2.33. The van der Waals surface area contributed by atoms with Crippen molar-refractivity contribution in [2.45, 2.75) is 38.8 Å². The summed E-state index contributed by atoms with van der Waals surface area (Å²) in [5.74, 6) is -0.669. The Morgan fingerprint density at radius 2 is 1.52 bits per heavy atom. The summed E-state index contributed by atoms with van der Waals surface area (Å²) >= 11 is 0. The fraction of sp³-hybridized carbons (Fsp3) is 0.444. The molecule has 2 amide bonds. The molecule has 3 rings (SSSR count). The number of hydrogen-bond donors (Lipinski definition) is 2. The van der Waals surface area contributed by atoms with E-state index >= 15 is 0 Å². The Morgan fingerprint density at radius 3 is 2.09 bits per heavy atom. The fourth-order valence-corrected chi connectivity index (χ4v) is 3.07. The molecule has 0 bridgehead atoms. The van der Waals surface area contributed by atoms with Crippen LogP contribution in [0.25, 0.3) is 6.08 Å². The summed E-state index contributed by atoms with van der Waals surface area (Å²) in [6.45, 7) is 5.71. The number of carbonyl (C=O) groups is 2. The molecule has 23 heavy (non-hydrogen) atoms. The molecule has 2 fully saturated rings. The summed E-state index contributed by atoms with van der Waals surface area (Å²) < 4.78 is 0. The maximum Gasteiger partial charge on any atom is 0.258 e. The zero-order chi connectivity index (χ0) is 16.4. The zero-order valence-electron chi connectivity index (χ0n) is 13.7. The average Bonchev–Trinajstić information content (AvgIpc) is 2.51. The number of rotatable bonds is 2. The van der Waals surface area contributed by atoms with E-state index in [0.29, 0.717) is 0 Å². The van der Waals surface area contributed by atoms with Gasteiger partial charge in [0.25, 0.3) is 11.8 Å². The van der Waals surface area contributed by atoms with Crippen molar-refractivity contribution < 1.29 is 9.59 Å². The predicted molar refractivity (Wildman–Crippen MR) is 90.8 cm³/mol. The van der Waals surface area contributed by atoms with Crippen LogP contribution in [-0.4, -0.2) is 30.6 Å². The van der Waals surface area contributed by atoms with Crippen LogP contribution in [-0.2, 0) is 9.59 Å². The van der Waals surface area contributed by atoms with Gasteiger partial charge in [-0.1, -0.05) is 12.1 Å². The number of nitrogens with one attached hydrogen (secondary N) is 2. The Balaban J connectivity index is 1.77. The van der Waals surface area contributed by atoms with Gasteiger partial charge in [-0.2, -0.15) is 0 Å². The Labute approximate surface area is 136 Å². The second kappa shape index (κ2) is 6.07. The second-order valence-corrected chi connectivity index (χ2v) is 6.73. The zero-order valence-corrected chi connectivity index (χ0v) is 13.7. The molecule has 1 aromatic rings. The summed E-state index contributed by atoms with van der Waals surface area (Å²) in [6, 6.07) is 8.02. The molecule has 0 aromatic heterocycles. The van der Waals surface area contributed by atoms with Crippen molar-refractivity contribution >= 4 is 23.6 Å². The maximum absolute atomic E-state index is 12.1. The topological polar surface area (TPSA) is 61.4 Å². The molecule has 1 aromatic carbocycles. The van der Waals surface area contributed by atoms with Crippen LogP contribution < -0.4 is 15.5 Å². The lowest BCUT2D eigenvalue weighted by atomic mass is 10.0. The van der Waals surface area contributed by atoms with Gasteiger partial charge in [-0.15, -0.1) is 0 Å². The molecule has 0 unspecified atom stereocenters. The number of benzene rings is 1. The largest absolute Gasteiger partial charge is 0.372 e. The molecule has 5 nitrogen and oxygen atoms in total. The van der Waals surface area contributed by atoms with Gasteiger partial charge in [-0.05, 0) is 56.9 Å². The summed E-state index contributed by atoms with van der Waals surface area (Å²) in [5.41, 5.74) is 1.50. The minimum absolute atomic E-state index is 0.148. The van der Waals surface area contributed by atoms with Crippen LogP contribution >= 0.6 is 0 Å². The van der Waals surface area contributed by atoms with Gasteiger partial charge in [0.1, 0.15) is 11.2 Å². The number of nitrogens with zero attached hydrogens (tertiary/aromatic N) is 1. The van der Waals surface area contributed by atoms with Crippen LogP contribution in [0.1, 0.15) is 38.7 Å². The first-order valence-corrected chi connectivity index (χ1v) is 8.16. The lowest BCUT2D eigenvalue weighted by Gasteiger charge is -2.32. The van der Waals surface area contributed by atoms with Crippen molar-refractivity contribution in [2.75, 3.05) is 18.0 Å². The quantitative estimate of drug-likeness (QED) is 0.649. The minimum Gasteiger partial charge on any atom is -0.372 e. The Bertz CT molecular complexity index is 619. The van der Waals surface area contributed by atoms with Crippen LogP contribution in [0.15, 0.2) is 29.8 Å². The first-order valence-electron chi connectivity index (χ1n) is 8.16. The second-order valence-electron chi connectivity index (χ2n) is 6.73. The monoisotopic (exact) mass is 313 g/mol. The molecule has 0 spiro atoms. The first kappa shape index (κ1) is 15.6. The number of piperidine rings is 1. The van der Waals surface area contributed by atoms with E-state index in [1.54, 1.807) is 19.9 Å². The van der Waals surface area contributed by atoms with Gasteiger partial charge >= 0.3 is 0 Å². The normalized spacial score (nSPS) is 20.8. The van der Waals surface area contributed by atoms with Crippen molar-refractivity contribution in [2.24, 2.45) is 0 Å². The molecule has 122 valence electrons. The van der Waals surface area contributed by atoms with Crippen molar-refractivity contribution in [1.82, 2.24) is 10.6 Å². The van der Waals surface area contributed by atoms with Crippen molar-refractivity contribution in [3.63, 3.8) is 0 Å². The third kappa shape index (κ3) is 3.55. The average molecular weight is 313 g/mol. The van der Waals surface area contributed by atoms with Gasteiger partial charge < -0.3 is 15.5 Å². The van der Waals surface area contributed by atoms with E-state index in [1.807, 2.05) is 12.1 Å². The predicted octanol–water partition coefficient (Wildman–Crippen LogP) is 2.04. The number of hydrogen-bond acceptors (Lipinski definition) is 3. The van der Waals surface area contributed by atoms with Crippen molar-refractivity contribution in [3.8, 4) is 0 Å². The highest BCUT2D eigenvalue weighted by Crippen LogP contribution is 2.21. The fourth-order valence-electron chi connectivity index (χ4n) is 3.07. The van der Waals surface area contributed by atoms with E-state index in [-0.39, 0.29) is 17.4 Å². The number of carbonyl (C=O) groups excluding carboxylic acids is 2. The standard InChI is InChI=1S/C18H23N3O2/c1-18(2)19-16(22)15(17(23)20-18)12-13-6-8-14(9-7-13)21-10-4-3-5-11-21/h6-9,12H,3-5,10-11H2,1-2H3,(H,19,22)(H,20,23). The molecule has 2 aliphatic rings. The van der Waals surface area contributed by atoms with Crippen molar-refractivity contribution in [3.05, 3.63) is 35.4 Å². The molecule has 2 heterocycles. The molecule has 0 aliphatic carbocycles.